The van der Waals surface area contributed by atoms with Crippen LogP contribution in [0.5, 0.6) is 23.0 Å². The fraction of sp³-hybridized carbons (Fsp3) is 0.310. The van der Waals surface area contributed by atoms with Crippen molar-refractivity contribution >= 4 is 29.4 Å². The number of carbonyl (C=O) groups is 2. The maximum atomic E-state index is 13.8. The lowest BCUT2D eigenvalue weighted by atomic mass is 9.97. The summed E-state index contributed by atoms with van der Waals surface area (Å²) in [7, 11) is 1.27. The van der Waals surface area contributed by atoms with Crippen molar-refractivity contribution in [3.05, 3.63) is 79.0 Å². The summed E-state index contributed by atoms with van der Waals surface area (Å²) in [5, 5.41) is 8.94. The first-order valence-corrected chi connectivity index (χ1v) is 13.7. The van der Waals surface area contributed by atoms with Gasteiger partial charge < -0.3 is 28.8 Å². The summed E-state index contributed by atoms with van der Waals surface area (Å²) in [4.78, 5) is 42.3. The predicted octanol–water partition coefficient (Wildman–Crippen LogP) is 2.68. The number of ether oxygens (including phenoxy) is 5. The third kappa shape index (κ3) is 6.43. The Morgan fingerprint density at radius 1 is 0.951 bits per heavy atom. The number of nitrogens with zero attached hydrogens (tertiary/aromatic N) is 2. The second kappa shape index (κ2) is 13.2. The molecule has 0 saturated carbocycles. The van der Waals surface area contributed by atoms with Gasteiger partial charge in [-0.15, -0.1) is 0 Å². The molecule has 1 aromatic heterocycles. The van der Waals surface area contributed by atoms with E-state index in [0.29, 0.717) is 57.5 Å². The van der Waals surface area contributed by atoms with E-state index in [-0.39, 0.29) is 16.9 Å². The number of hydrogen-bond donors (Lipinski definition) is 1. The summed E-state index contributed by atoms with van der Waals surface area (Å²) in [5.41, 5.74) is 1.08. The number of benzene rings is 2. The summed E-state index contributed by atoms with van der Waals surface area (Å²) in [6, 6.07) is 9.40. The van der Waals surface area contributed by atoms with Crippen LogP contribution in [0.1, 0.15) is 37.9 Å². The molecule has 0 bridgehead atoms. The lowest BCUT2D eigenvalue weighted by molar-refractivity contribution is -0.139. The molecular weight excluding hydrogens is 552 g/mol. The van der Waals surface area contributed by atoms with Gasteiger partial charge in [0.15, 0.2) is 34.4 Å². The van der Waals surface area contributed by atoms with Crippen molar-refractivity contribution in [2.45, 2.75) is 26.8 Å². The van der Waals surface area contributed by atoms with E-state index in [9.17, 15) is 14.4 Å². The minimum absolute atomic E-state index is 0.191. The molecule has 11 nitrogen and oxygen atoms in total. The van der Waals surface area contributed by atoms with E-state index in [4.69, 9.17) is 28.8 Å². The summed E-state index contributed by atoms with van der Waals surface area (Å²) in [6.45, 7) is 6.17. The molecule has 3 aromatic rings. The number of hydrogen-bond acceptors (Lipinski definition) is 10. The molecule has 0 spiro atoms. The van der Waals surface area contributed by atoms with Crippen LogP contribution in [-0.4, -0.2) is 55.1 Å². The Labute approximate surface area is 239 Å². The van der Waals surface area contributed by atoms with Gasteiger partial charge in [-0.05, 0) is 62.2 Å². The molecule has 2 heterocycles. The minimum Gasteiger partial charge on any atom is -0.490 e. The Morgan fingerprint density at radius 2 is 1.59 bits per heavy atom. The number of aromatic nitrogens is 1. The van der Waals surface area contributed by atoms with E-state index in [0.717, 1.165) is 0 Å². The number of carboxylic acids is 1. The van der Waals surface area contributed by atoms with E-state index in [1.807, 2.05) is 13.8 Å². The maximum absolute atomic E-state index is 13.8. The molecular formula is C29H30N2O9S. The fourth-order valence-electron chi connectivity index (χ4n) is 4.28. The van der Waals surface area contributed by atoms with Crippen LogP contribution in [0.4, 0.5) is 0 Å². The molecule has 4 rings (SSSR count). The molecule has 1 aliphatic rings. The van der Waals surface area contributed by atoms with Gasteiger partial charge >= 0.3 is 11.9 Å². The number of thiazole rings is 1. The molecule has 1 aliphatic heterocycles. The average Bonchev–Trinajstić information content (AvgIpc) is 3.27. The van der Waals surface area contributed by atoms with Crippen molar-refractivity contribution in [2.24, 2.45) is 4.99 Å². The van der Waals surface area contributed by atoms with Crippen molar-refractivity contribution < 1.29 is 38.4 Å². The highest BCUT2D eigenvalue weighted by atomic mass is 32.1. The molecule has 0 aliphatic carbocycles. The zero-order valence-corrected chi connectivity index (χ0v) is 23.9. The zero-order chi connectivity index (χ0) is 29.5. The number of aliphatic carboxylic acids is 1. The minimum atomic E-state index is -1.11. The smallest absolute Gasteiger partial charge is 0.341 e. The second-order valence-electron chi connectivity index (χ2n) is 8.57. The highest BCUT2D eigenvalue weighted by molar-refractivity contribution is 7.07. The van der Waals surface area contributed by atoms with Gasteiger partial charge in [0.25, 0.3) is 5.56 Å². The highest BCUT2D eigenvalue weighted by Crippen LogP contribution is 2.35. The number of methoxy groups -OCH3 is 1. The molecule has 0 saturated heterocycles. The lowest BCUT2D eigenvalue weighted by Crippen LogP contribution is -2.39. The summed E-state index contributed by atoms with van der Waals surface area (Å²) < 4.78 is 29.3. The Bertz CT molecular complexity index is 1660. The van der Waals surface area contributed by atoms with Crippen molar-refractivity contribution in [3.8, 4) is 23.0 Å². The number of esters is 1. The van der Waals surface area contributed by atoms with Crippen molar-refractivity contribution in [2.75, 3.05) is 33.5 Å². The Balaban J connectivity index is 1.83. The first kappa shape index (κ1) is 29.4. The lowest BCUT2D eigenvalue weighted by Gasteiger charge is -2.23. The standard InChI is InChI=1S/C29H30N2O9S/c1-5-37-20-11-9-18(14-23(20)39-7-3)26-19(28(35)36-4)15-30-29-31(26)27(34)24(41-29)13-17-8-10-21(40-16-25(32)33)22(12-17)38-6-2/h8-15,26H,5-7,16H2,1-4H3,(H,32,33)/b24-13-/t26-/m0/s1. The van der Waals surface area contributed by atoms with Crippen LogP contribution in [0.2, 0.25) is 0 Å². The molecule has 41 heavy (non-hydrogen) atoms. The molecule has 0 unspecified atom stereocenters. The number of carbonyl (C=O) groups excluding carboxylic acids is 1. The highest BCUT2D eigenvalue weighted by Gasteiger charge is 2.31. The van der Waals surface area contributed by atoms with E-state index in [1.165, 1.54) is 29.2 Å². The Hall–Kier alpha value is -4.58. The van der Waals surface area contributed by atoms with Crippen LogP contribution in [0.25, 0.3) is 6.08 Å². The quantitative estimate of drug-likeness (QED) is 0.320. The SMILES string of the molecule is CCOc1ccc([C@H]2C(C(=O)OC)=CN=c3s/c(=C\c4ccc(OCC(=O)O)c(OCC)c4)c(=O)n32)cc1OCC. The molecule has 2 aromatic carbocycles. The van der Waals surface area contributed by atoms with Gasteiger partial charge in [0, 0.05) is 6.20 Å². The van der Waals surface area contributed by atoms with Crippen LogP contribution in [0, 0.1) is 0 Å². The Morgan fingerprint density at radius 3 is 2.24 bits per heavy atom. The van der Waals surface area contributed by atoms with E-state index < -0.39 is 24.6 Å². The summed E-state index contributed by atoms with van der Waals surface area (Å²) in [5.74, 6) is -0.0633. The molecule has 0 radical (unpaired) electrons. The maximum Gasteiger partial charge on any atom is 0.341 e. The van der Waals surface area contributed by atoms with Crippen LogP contribution >= 0.6 is 11.3 Å². The largest absolute Gasteiger partial charge is 0.490 e. The van der Waals surface area contributed by atoms with Gasteiger partial charge in [-0.25, -0.2) is 14.6 Å². The number of carboxylic acid groups (broad SMARTS) is 1. The van der Waals surface area contributed by atoms with Gasteiger partial charge in [-0.2, -0.15) is 0 Å². The molecule has 12 heteroatoms. The van der Waals surface area contributed by atoms with Gasteiger partial charge in [0.1, 0.15) is 0 Å². The van der Waals surface area contributed by atoms with Gasteiger partial charge in [0.05, 0.1) is 43.1 Å². The number of fused-ring (bicyclic) bond motifs is 1. The van der Waals surface area contributed by atoms with Gasteiger partial charge in [-0.3, -0.25) is 9.36 Å². The first-order chi connectivity index (χ1) is 19.8. The van der Waals surface area contributed by atoms with Crippen LogP contribution in [-0.2, 0) is 14.3 Å². The van der Waals surface area contributed by atoms with Gasteiger partial charge in [-0.1, -0.05) is 23.5 Å². The van der Waals surface area contributed by atoms with Crippen LogP contribution < -0.4 is 33.8 Å². The Kier molecular flexibility index (Phi) is 9.45. The molecule has 1 atom stereocenters. The van der Waals surface area contributed by atoms with E-state index in [2.05, 4.69) is 4.99 Å². The molecule has 1 N–H and O–H groups in total. The third-order valence-electron chi connectivity index (χ3n) is 5.92. The average molecular weight is 583 g/mol. The summed E-state index contributed by atoms with van der Waals surface area (Å²) >= 11 is 1.17. The predicted molar refractivity (Wildman–Crippen MR) is 151 cm³/mol. The van der Waals surface area contributed by atoms with E-state index >= 15 is 0 Å². The van der Waals surface area contributed by atoms with Crippen molar-refractivity contribution in [3.63, 3.8) is 0 Å². The van der Waals surface area contributed by atoms with E-state index in [1.54, 1.807) is 49.4 Å². The monoisotopic (exact) mass is 582 g/mol. The number of rotatable bonds is 12. The fourth-order valence-corrected chi connectivity index (χ4v) is 5.25. The molecule has 0 fully saturated rings. The van der Waals surface area contributed by atoms with Crippen molar-refractivity contribution in [1.29, 1.82) is 0 Å². The van der Waals surface area contributed by atoms with Crippen LogP contribution in [0.15, 0.2) is 58.0 Å². The van der Waals surface area contributed by atoms with Crippen molar-refractivity contribution in [1.82, 2.24) is 4.57 Å². The van der Waals surface area contributed by atoms with Gasteiger partial charge in [0.2, 0.25) is 0 Å². The molecule has 0 amide bonds. The normalized spacial score (nSPS) is 14.4. The van der Waals surface area contributed by atoms with Crippen LogP contribution in [0.3, 0.4) is 0 Å². The first-order valence-electron chi connectivity index (χ1n) is 12.9. The second-order valence-corrected chi connectivity index (χ2v) is 9.58. The topological polar surface area (TPSA) is 135 Å². The zero-order valence-electron chi connectivity index (χ0n) is 23.0. The summed E-state index contributed by atoms with van der Waals surface area (Å²) in [6.07, 6.45) is 3.10. The molecule has 216 valence electrons. The third-order valence-corrected chi connectivity index (χ3v) is 6.92.